The normalized spacial score (nSPS) is 15.9. The van der Waals surface area contributed by atoms with Crippen molar-refractivity contribution < 1.29 is 23.8 Å². The van der Waals surface area contributed by atoms with Gasteiger partial charge in [0.2, 0.25) is 0 Å². The fraction of sp³-hybridized carbons (Fsp3) is 0.263. The van der Waals surface area contributed by atoms with Gasteiger partial charge in [0.05, 0.1) is 33.0 Å². The Morgan fingerprint density at radius 1 is 1.15 bits per heavy atom. The molecule has 2 N–H and O–H groups in total. The Labute approximate surface area is 157 Å². The van der Waals surface area contributed by atoms with Crippen LogP contribution in [0.15, 0.2) is 48.5 Å². The highest BCUT2D eigenvalue weighted by molar-refractivity contribution is 5.91. The lowest BCUT2D eigenvalue weighted by Gasteiger charge is -2.16. The summed E-state index contributed by atoms with van der Waals surface area (Å²) in [6.07, 6.45) is -0.926. The number of hydrogen-bond acceptors (Lipinski definition) is 5. The number of nitrogens with zero attached hydrogens (tertiary/aromatic N) is 1. The molecular formula is C19H21N3O5. The summed E-state index contributed by atoms with van der Waals surface area (Å²) in [5, 5.41) is 5.42. The highest BCUT2D eigenvalue weighted by Crippen LogP contribution is 2.33. The molecule has 3 rings (SSSR count). The average molecular weight is 371 g/mol. The van der Waals surface area contributed by atoms with Crippen molar-refractivity contribution in [3.63, 3.8) is 0 Å². The highest BCUT2D eigenvalue weighted by atomic mass is 16.6. The van der Waals surface area contributed by atoms with Gasteiger partial charge in [-0.3, -0.25) is 4.90 Å². The van der Waals surface area contributed by atoms with Gasteiger partial charge < -0.3 is 24.8 Å². The molecule has 0 saturated carbocycles. The van der Waals surface area contributed by atoms with Gasteiger partial charge in [-0.15, -0.1) is 0 Å². The number of carbonyl (C=O) groups is 2. The molecule has 1 heterocycles. The lowest BCUT2D eigenvalue weighted by atomic mass is 10.2. The smallest absolute Gasteiger partial charge is 0.414 e. The van der Waals surface area contributed by atoms with E-state index in [1.165, 1.54) is 12.0 Å². The summed E-state index contributed by atoms with van der Waals surface area (Å²) in [5.41, 5.74) is 1.32. The number of nitrogens with one attached hydrogen (secondary N) is 2. The van der Waals surface area contributed by atoms with Crippen molar-refractivity contribution in [3.05, 3.63) is 48.5 Å². The van der Waals surface area contributed by atoms with Gasteiger partial charge in [-0.05, 0) is 24.3 Å². The quantitative estimate of drug-likeness (QED) is 0.815. The summed E-state index contributed by atoms with van der Waals surface area (Å²) in [6, 6.07) is 13.9. The van der Waals surface area contributed by atoms with Gasteiger partial charge in [0, 0.05) is 11.8 Å². The molecule has 1 saturated heterocycles. The van der Waals surface area contributed by atoms with Gasteiger partial charge in [-0.1, -0.05) is 18.2 Å². The molecule has 1 atom stereocenters. The Morgan fingerprint density at radius 2 is 1.89 bits per heavy atom. The molecule has 1 aliphatic rings. The van der Waals surface area contributed by atoms with Crippen molar-refractivity contribution in [2.75, 3.05) is 37.5 Å². The number of hydrogen-bond donors (Lipinski definition) is 2. The van der Waals surface area contributed by atoms with E-state index in [0.29, 0.717) is 29.4 Å². The zero-order chi connectivity index (χ0) is 19.2. The second-order valence-electron chi connectivity index (χ2n) is 5.86. The third-order valence-electron chi connectivity index (χ3n) is 4.07. The summed E-state index contributed by atoms with van der Waals surface area (Å²) < 4.78 is 15.8. The zero-order valence-corrected chi connectivity index (χ0v) is 15.1. The number of amides is 3. The summed E-state index contributed by atoms with van der Waals surface area (Å²) >= 11 is 0. The standard InChI is InChI=1S/C19H21N3O5/c1-25-16-9-8-14(10-17(16)26-2)22-12-15(27-19(22)24)11-20-18(23)21-13-6-4-3-5-7-13/h3-10,15H,11-12H2,1-2H3,(H2,20,21,23). The molecule has 1 unspecified atom stereocenters. The number of methoxy groups -OCH3 is 2. The maximum Gasteiger partial charge on any atom is 0.414 e. The molecule has 142 valence electrons. The van der Waals surface area contributed by atoms with Gasteiger partial charge in [-0.2, -0.15) is 0 Å². The Bertz CT molecular complexity index is 812. The van der Waals surface area contributed by atoms with Gasteiger partial charge in [0.1, 0.15) is 6.10 Å². The number of anilines is 2. The van der Waals surface area contributed by atoms with Crippen LogP contribution in [-0.4, -0.2) is 45.5 Å². The average Bonchev–Trinajstić information content (AvgIpc) is 3.07. The van der Waals surface area contributed by atoms with Crippen molar-refractivity contribution >= 4 is 23.5 Å². The van der Waals surface area contributed by atoms with Crippen LogP contribution in [0.5, 0.6) is 11.5 Å². The first-order valence-electron chi connectivity index (χ1n) is 8.41. The molecule has 2 aromatic rings. The molecule has 3 amide bonds. The Morgan fingerprint density at radius 3 is 2.59 bits per heavy atom. The summed E-state index contributed by atoms with van der Waals surface area (Å²) in [7, 11) is 3.08. The van der Waals surface area contributed by atoms with Crippen LogP contribution in [0.3, 0.4) is 0 Å². The lowest BCUT2D eigenvalue weighted by Crippen LogP contribution is -2.37. The van der Waals surface area contributed by atoms with E-state index in [4.69, 9.17) is 14.2 Å². The summed E-state index contributed by atoms with van der Waals surface area (Å²) in [4.78, 5) is 25.6. The number of cyclic esters (lactones) is 1. The molecule has 27 heavy (non-hydrogen) atoms. The maximum absolute atomic E-state index is 12.2. The van der Waals surface area contributed by atoms with Gasteiger partial charge >= 0.3 is 12.1 Å². The third-order valence-corrected chi connectivity index (χ3v) is 4.07. The molecule has 0 aliphatic carbocycles. The van der Waals surface area contributed by atoms with Crippen molar-refractivity contribution in [2.24, 2.45) is 0 Å². The van der Waals surface area contributed by atoms with Crippen LogP contribution in [0.1, 0.15) is 0 Å². The highest BCUT2D eigenvalue weighted by Gasteiger charge is 2.33. The second kappa shape index (κ2) is 8.31. The molecular weight excluding hydrogens is 350 g/mol. The van der Waals surface area contributed by atoms with E-state index >= 15 is 0 Å². The fourth-order valence-electron chi connectivity index (χ4n) is 2.73. The predicted octanol–water partition coefficient (Wildman–Crippen LogP) is 2.85. The van der Waals surface area contributed by atoms with E-state index in [0.717, 1.165) is 0 Å². The van der Waals surface area contributed by atoms with Crippen LogP contribution >= 0.6 is 0 Å². The molecule has 2 aromatic carbocycles. The zero-order valence-electron chi connectivity index (χ0n) is 15.1. The van der Waals surface area contributed by atoms with E-state index in [-0.39, 0.29) is 12.6 Å². The van der Waals surface area contributed by atoms with E-state index in [1.807, 2.05) is 18.2 Å². The summed E-state index contributed by atoms with van der Waals surface area (Å²) in [5.74, 6) is 1.09. The van der Waals surface area contributed by atoms with Crippen LogP contribution in [-0.2, 0) is 4.74 Å². The van der Waals surface area contributed by atoms with Crippen molar-refractivity contribution in [3.8, 4) is 11.5 Å². The first-order chi connectivity index (χ1) is 13.1. The minimum Gasteiger partial charge on any atom is -0.493 e. The molecule has 8 nitrogen and oxygen atoms in total. The monoisotopic (exact) mass is 371 g/mol. The third kappa shape index (κ3) is 4.41. The minimum absolute atomic E-state index is 0.203. The van der Waals surface area contributed by atoms with Crippen LogP contribution < -0.4 is 25.0 Å². The van der Waals surface area contributed by atoms with E-state index < -0.39 is 12.2 Å². The fourth-order valence-corrected chi connectivity index (χ4v) is 2.73. The van der Waals surface area contributed by atoms with E-state index in [9.17, 15) is 9.59 Å². The number of benzene rings is 2. The Hall–Kier alpha value is -3.42. The number of carbonyl (C=O) groups excluding carboxylic acids is 2. The largest absolute Gasteiger partial charge is 0.493 e. The first-order valence-corrected chi connectivity index (χ1v) is 8.41. The van der Waals surface area contributed by atoms with Crippen LogP contribution in [0, 0.1) is 0 Å². The van der Waals surface area contributed by atoms with E-state index in [1.54, 1.807) is 37.4 Å². The van der Waals surface area contributed by atoms with Gasteiger partial charge in [0.25, 0.3) is 0 Å². The molecule has 1 fully saturated rings. The first kappa shape index (κ1) is 18.4. The Kier molecular flexibility index (Phi) is 5.65. The molecule has 0 aromatic heterocycles. The van der Waals surface area contributed by atoms with Crippen molar-refractivity contribution in [2.45, 2.75) is 6.10 Å². The molecule has 0 spiro atoms. The van der Waals surface area contributed by atoms with Crippen LogP contribution in [0.25, 0.3) is 0 Å². The number of rotatable bonds is 6. The topological polar surface area (TPSA) is 89.1 Å². The van der Waals surface area contributed by atoms with Gasteiger partial charge in [-0.25, -0.2) is 9.59 Å². The van der Waals surface area contributed by atoms with Crippen molar-refractivity contribution in [1.29, 1.82) is 0 Å². The SMILES string of the molecule is COc1ccc(N2CC(CNC(=O)Nc3ccccc3)OC2=O)cc1OC. The minimum atomic E-state index is -0.475. The maximum atomic E-state index is 12.2. The second-order valence-corrected chi connectivity index (χ2v) is 5.86. The molecule has 0 radical (unpaired) electrons. The van der Waals surface area contributed by atoms with Crippen LogP contribution in [0.4, 0.5) is 21.0 Å². The predicted molar refractivity (Wildman–Crippen MR) is 101 cm³/mol. The number of urea groups is 1. The number of para-hydroxylation sites is 1. The molecule has 8 heteroatoms. The van der Waals surface area contributed by atoms with Crippen molar-refractivity contribution in [1.82, 2.24) is 5.32 Å². The molecule has 0 bridgehead atoms. The lowest BCUT2D eigenvalue weighted by molar-refractivity contribution is 0.141. The van der Waals surface area contributed by atoms with Crippen LogP contribution in [0.2, 0.25) is 0 Å². The summed E-state index contributed by atoms with van der Waals surface area (Å²) in [6.45, 7) is 0.522. The number of ether oxygens (including phenoxy) is 3. The Balaban J connectivity index is 1.56. The van der Waals surface area contributed by atoms with E-state index in [2.05, 4.69) is 10.6 Å². The van der Waals surface area contributed by atoms with Gasteiger partial charge in [0.15, 0.2) is 11.5 Å². The molecule has 1 aliphatic heterocycles.